The van der Waals surface area contributed by atoms with Gasteiger partial charge in [0.25, 0.3) is 5.91 Å². The first-order valence-electron chi connectivity index (χ1n) is 6.58. The van der Waals surface area contributed by atoms with Gasteiger partial charge in [-0.3, -0.25) is 4.79 Å². The number of fused-ring (bicyclic) bond motifs is 1. The Kier molecular flexibility index (Phi) is 4.67. The molecule has 6 nitrogen and oxygen atoms in total. The number of alkyl halides is 3. The monoisotopic (exact) mass is 348 g/mol. The lowest BCUT2D eigenvalue weighted by Crippen LogP contribution is -2.43. The zero-order chi connectivity index (χ0) is 18.1. The molecule has 3 N–H and O–H groups in total. The molecular formula is C14H12F4N2O4. The van der Waals surface area contributed by atoms with Gasteiger partial charge in [-0.25, -0.2) is 9.18 Å². The fraction of sp³-hybridized carbons (Fsp3) is 0.286. The summed E-state index contributed by atoms with van der Waals surface area (Å²) in [6, 6.07) is 1.41. The summed E-state index contributed by atoms with van der Waals surface area (Å²) >= 11 is 0. The van der Waals surface area contributed by atoms with Crippen LogP contribution in [0.5, 0.6) is 5.75 Å². The molecule has 24 heavy (non-hydrogen) atoms. The van der Waals surface area contributed by atoms with E-state index >= 15 is 0 Å². The molecule has 0 radical (unpaired) electrons. The molecule has 130 valence electrons. The van der Waals surface area contributed by atoms with Crippen molar-refractivity contribution < 1.29 is 37.0 Å². The zero-order valence-electron chi connectivity index (χ0n) is 12.2. The Morgan fingerprint density at radius 3 is 2.58 bits per heavy atom. The van der Waals surface area contributed by atoms with Gasteiger partial charge in [-0.1, -0.05) is 0 Å². The maximum absolute atomic E-state index is 13.7. The molecule has 1 amide bonds. The van der Waals surface area contributed by atoms with Gasteiger partial charge in [0, 0.05) is 5.39 Å². The van der Waals surface area contributed by atoms with Crippen LogP contribution in [0.4, 0.5) is 17.6 Å². The molecule has 0 aliphatic carbocycles. The number of hydrogen-bond donors (Lipinski definition) is 3. The SMILES string of the molecule is COc1ccc(F)c2[nH]c(C(=O)NC(CC(F)(F)F)C(=O)O)cc12. The third kappa shape index (κ3) is 3.76. The van der Waals surface area contributed by atoms with Gasteiger partial charge in [0.1, 0.15) is 23.3 Å². The molecule has 2 aromatic rings. The molecule has 10 heteroatoms. The maximum Gasteiger partial charge on any atom is 0.391 e. The average molecular weight is 348 g/mol. The minimum absolute atomic E-state index is 0.0813. The largest absolute Gasteiger partial charge is 0.496 e. The molecule has 0 spiro atoms. The van der Waals surface area contributed by atoms with Crippen molar-refractivity contribution in [1.82, 2.24) is 10.3 Å². The number of amides is 1. The van der Waals surface area contributed by atoms with Gasteiger partial charge in [-0.2, -0.15) is 13.2 Å². The van der Waals surface area contributed by atoms with Crippen LogP contribution in [0.3, 0.4) is 0 Å². The lowest BCUT2D eigenvalue weighted by molar-refractivity contribution is -0.157. The summed E-state index contributed by atoms with van der Waals surface area (Å²) in [5.74, 6) is -3.40. The first kappa shape index (κ1) is 17.6. The van der Waals surface area contributed by atoms with E-state index in [2.05, 4.69) is 4.98 Å². The third-order valence-corrected chi connectivity index (χ3v) is 3.21. The first-order valence-corrected chi connectivity index (χ1v) is 6.58. The summed E-state index contributed by atoms with van der Waals surface area (Å²) in [4.78, 5) is 25.3. The van der Waals surface area contributed by atoms with Crippen LogP contribution in [0.15, 0.2) is 18.2 Å². The third-order valence-electron chi connectivity index (χ3n) is 3.21. The number of halogens is 4. The number of carboxylic acid groups (broad SMARTS) is 1. The number of ether oxygens (including phenoxy) is 1. The van der Waals surface area contributed by atoms with Crippen molar-refractivity contribution >= 4 is 22.8 Å². The number of H-pyrrole nitrogens is 1. The highest BCUT2D eigenvalue weighted by Gasteiger charge is 2.36. The Morgan fingerprint density at radius 1 is 1.38 bits per heavy atom. The fourth-order valence-corrected chi connectivity index (χ4v) is 2.13. The fourth-order valence-electron chi connectivity index (χ4n) is 2.13. The van der Waals surface area contributed by atoms with E-state index in [0.717, 1.165) is 6.07 Å². The summed E-state index contributed by atoms with van der Waals surface area (Å²) < 4.78 is 55.8. The summed E-state index contributed by atoms with van der Waals surface area (Å²) in [5.41, 5.74) is -0.371. The number of carbonyl (C=O) groups is 2. The highest BCUT2D eigenvalue weighted by Crippen LogP contribution is 2.28. The normalized spacial score (nSPS) is 12.9. The number of methoxy groups -OCH3 is 1. The number of nitrogens with one attached hydrogen (secondary N) is 2. The minimum atomic E-state index is -4.77. The average Bonchev–Trinajstić information content (AvgIpc) is 2.91. The van der Waals surface area contributed by atoms with Crippen LogP contribution in [0.1, 0.15) is 16.9 Å². The van der Waals surface area contributed by atoms with E-state index in [1.54, 1.807) is 5.32 Å². The Labute approximate surface area is 132 Å². The quantitative estimate of drug-likeness (QED) is 0.724. The predicted molar refractivity (Wildman–Crippen MR) is 74.4 cm³/mol. The van der Waals surface area contributed by atoms with Crippen molar-refractivity contribution in [2.24, 2.45) is 0 Å². The molecule has 1 heterocycles. The number of benzene rings is 1. The summed E-state index contributed by atoms with van der Waals surface area (Å²) in [6.45, 7) is 0. The van der Waals surface area contributed by atoms with Crippen molar-refractivity contribution in [3.63, 3.8) is 0 Å². The molecule has 0 aliphatic rings. The Bertz CT molecular complexity index is 785. The second-order valence-electron chi connectivity index (χ2n) is 4.90. The van der Waals surface area contributed by atoms with E-state index in [0.29, 0.717) is 0 Å². The van der Waals surface area contributed by atoms with Crippen molar-refractivity contribution in [1.29, 1.82) is 0 Å². The zero-order valence-corrected chi connectivity index (χ0v) is 12.2. The predicted octanol–water partition coefficient (Wildman–Crippen LogP) is 2.45. The number of aromatic nitrogens is 1. The first-order chi connectivity index (χ1) is 11.1. The van der Waals surface area contributed by atoms with Gasteiger partial charge in [-0.05, 0) is 18.2 Å². The topological polar surface area (TPSA) is 91.4 Å². The maximum atomic E-state index is 13.7. The number of hydrogen-bond acceptors (Lipinski definition) is 3. The van der Waals surface area contributed by atoms with Gasteiger partial charge in [0.15, 0.2) is 0 Å². The second kappa shape index (κ2) is 6.38. The Morgan fingerprint density at radius 2 is 2.04 bits per heavy atom. The van der Waals surface area contributed by atoms with Gasteiger partial charge in [0.2, 0.25) is 0 Å². The molecule has 1 aromatic heterocycles. The number of carboxylic acids is 1. The van der Waals surface area contributed by atoms with Crippen molar-refractivity contribution in [2.45, 2.75) is 18.6 Å². The molecule has 0 saturated carbocycles. The molecular weight excluding hydrogens is 336 g/mol. The summed E-state index contributed by atoms with van der Waals surface area (Å²) in [6.07, 6.45) is -6.50. The standard InChI is InChI=1S/C14H12F4N2O4/c1-24-10-3-2-7(15)11-6(10)4-8(19-11)12(21)20-9(13(22)23)5-14(16,17)18/h2-4,9,19H,5H2,1H3,(H,20,21)(H,22,23). The van der Waals surface area contributed by atoms with Crippen LogP contribution in [0.2, 0.25) is 0 Å². The van der Waals surface area contributed by atoms with E-state index in [1.807, 2.05) is 0 Å². The number of carbonyl (C=O) groups excluding carboxylic acids is 1. The summed E-state index contributed by atoms with van der Waals surface area (Å²) in [7, 11) is 1.32. The van der Waals surface area contributed by atoms with Crippen LogP contribution in [-0.4, -0.2) is 41.3 Å². The molecule has 0 saturated heterocycles. The van der Waals surface area contributed by atoms with Crippen molar-refractivity contribution in [3.05, 3.63) is 29.7 Å². The molecule has 1 aromatic carbocycles. The molecule has 0 fully saturated rings. The molecule has 2 rings (SSSR count). The number of aromatic amines is 1. The molecule has 1 unspecified atom stereocenters. The smallest absolute Gasteiger partial charge is 0.391 e. The van der Waals surface area contributed by atoms with Gasteiger partial charge < -0.3 is 20.1 Å². The van der Waals surface area contributed by atoms with E-state index in [4.69, 9.17) is 9.84 Å². The van der Waals surface area contributed by atoms with Crippen LogP contribution < -0.4 is 10.1 Å². The number of aliphatic carboxylic acids is 1. The molecule has 0 bridgehead atoms. The van der Waals surface area contributed by atoms with Crippen LogP contribution in [-0.2, 0) is 4.79 Å². The highest BCUT2D eigenvalue weighted by molar-refractivity contribution is 6.01. The lowest BCUT2D eigenvalue weighted by Gasteiger charge is -2.15. The van der Waals surface area contributed by atoms with E-state index in [1.165, 1.54) is 19.2 Å². The van der Waals surface area contributed by atoms with E-state index in [9.17, 15) is 27.2 Å². The Hall–Kier alpha value is -2.78. The van der Waals surface area contributed by atoms with Crippen LogP contribution in [0, 0.1) is 5.82 Å². The van der Waals surface area contributed by atoms with Gasteiger partial charge >= 0.3 is 12.1 Å². The lowest BCUT2D eigenvalue weighted by atomic mass is 10.2. The second-order valence-corrected chi connectivity index (χ2v) is 4.90. The van der Waals surface area contributed by atoms with E-state index < -0.39 is 36.3 Å². The van der Waals surface area contributed by atoms with E-state index in [-0.39, 0.29) is 22.3 Å². The van der Waals surface area contributed by atoms with Gasteiger partial charge in [0.05, 0.1) is 19.0 Å². The molecule has 1 atom stereocenters. The van der Waals surface area contributed by atoms with Crippen molar-refractivity contribution in [3.8, 4) is 5.75 Å². The number of rotatable bonds is 5. The highest BCUT2D eigenvalue weighted by atomic mass is 19.4. The summed E-state index contributed by atoms with van der Waals surface area (Å²) in [5, 5.41) is 10.7. The molecule has 0 aliphatic heterocycles. The van der Waals surface area contributed by atoms with Gasteiger partial charge in [-0.15, -0.1) is 0 Å². The minimum Gasteiger partial charge on any atom is -0.496 e. The van der Waals surface area contributed by atoms with Crippen molar-refractivity contribution in [2.75, 3.05) is 7.11 Å². The Balaban J connectivity index is 2.30. The van der Waals surface area contributed by atoms with Crippen LogP contribution >= 0.6 is 0 Å². The van der Waals surface area contributed by atoms with Crippen LogP contribution in [0.25, 0.3) is 10.9 Å².